The fourth-order valence-corrected chi connectivity index (χ4v) is 3.31. The van der Waals surface area contributed by atoms with Gasteiger partial charge < -0.3 is 15.4 Å². The number of nitrogens with two attached hydrogens (primary N) is 1. The van der Waals surface area contributed by atoms with Gasteiger partial charge in [-0.3, -0.25) is 0 Å². The molecule has 20 heavy (non-hydrogen) atoms. The first kappa shape index (κ1) is 13.6. The van der Waals surface area contributed by atoms with Crippen LogP contribution in [0.2, 0.25) is 0 Å². The monoisotopic (exact) mass is 293 g/mol. The van der Waals surface area contributed by atoms with Crippen molar-refractivity contribution in [2.24, 2.45) is 5.41 Å². The molecule has 2 heterocycles. The number of rotatable bonds is 3. The van der Waals surface area contributed by atoms with Crippen molar-refractivity contribution >= 4 is 28.7 Å². The average molecular weight is 293 g/mol. The molecule has 0 amide bonds. The summed E-state index contributed by atoms with van der Waals surface area (Å²) in [7, 11) is 0. The van der Waals surface area contributed by atoms with Crippen molar-refractivity contribution in [2.75, 3.05) is 18.6 Å². The summed E-state index contributed by atoms with van der Waals surface area (Å²) in [6.07, 6.45) is 6.71. The van der Waals surface area contributed by atoms with Crippen molar-refractivity contribution in [1.29, 1.82) is 0 Å². The van der Waals surface area contributed by atoms with Crippen molar-refractivity contribution in [1.82, 2.24) is 19.5 Å². The van der Waals surface area contributed by atoms with Crippen molar-refractivity contribution < 1.29 is 5.11 Å². The molecule has 0 radical (unpaired) electrons. The van der Waals surface area contributed by atoms with Gasteiger partial charge in [-0.2, -0.15) is 0 Å². The van der Waals surface area contributed by atoms with E-state index in [2.05, 4.69) is 26.4 Å². The van der Waals surface area contributed by atoms with Crippen LogP contribution in [0.3, 0.4) is 0 Å². The summed E-state index contributed by atoms with van der Waals surface area (Å²) < 4.78 is 2.09. The molecule has 0 bridgehead atoms. The highest BCUT2D eigenvalue weighted by atomic mass is 32.2. The normalized spacial score (nSPS) is 26.4. The molecule has 0 unspecified atom stereocenters. The Morgan fingerprint density at radius 2 is 2.35 bits per heavy atom. The molecule has 2 aromatic heterocycles. The Morgan fingerprint density at radius 3 is 3.00 bits per heavy atom. The number of aliphatic hydroxyl groups is 1. The van der Waals surface area contributed by atoms with Gasteiger partial charge in [0.15, 0.2) is 16.6 Å². The standard InChI is InChI=1S/C13H19N5OS/c1-13(6-19)4-3-8(5-13)18-7-15-9-10(14)16-12(20-2)17-11(9)18/h7-8,19H,3-6H2,1-2H3,(H2,14,16,17)/t8-,13+/m0/s1. The quantitative estimate of drug-likeness (QED) is 0.663. The summed E-state index contributed by atoms with van der Waals surface area (Å²) in [5.41, 5.74) is 7.41. The van der Waals surface area contributed by atoms with E-state index in [1.807, 2.05) is 6.26 Å². The second-order valence-corrected chi connectivity index (χ2v) is 6.56. The third-order valence-corrected chi connectivity index (χ3v) is 4.74. The second-order valence-electron chi connectivity index (χ2n) is 5.78. The SMILES string of the molecule is CSc1nc(N)c2ncn([C@H]3CC[C@@](C)(CO)C3)c2n1. The maximum Gasteiger partial charge on any atom is 0.191 e. The lowest BCUT2D eigenvalue weighted by atomic mass is 9.90. The van der Waals surface area contributed by atoms with E-state index in [0.717, 1.165) is 24.9 Å². The molecule has 1 aliphatic rings. The van der Waals surface area contributed by atoms with Gasteiger partial charge in [-0.25, -0.2) is 15.0 Å². The van der Waals surface area contributed by atoms with Crippen LogP contribution in [-0.2, 0) is 0 Å². The summed E-state index contributed by atoms with van der Waals surface area (Å²) in [4.78, 5) is 13.1. The summed E-state index contributed by atoms with van der Waals surface area (Å²) in [5, 5.41) is 10.2. The Hall–Kier alpha value is -1.34. The van der Waals surface area contributed by atoms with E-state index in [1.54, 1.807) is 6.33 Å². The first-order valence-electron chi connectivity index (χ1n) is 6.71. The number of thioether (sulfide) groups is 1. The third-order valence-electron chi connectivity index (χ3n) is 4.20. The molecule has 2 atom stereocenters. The van der Waals surface area contributed by atoms with E-state index in [-0.39, 0.29) is 12.0 Å². The zero-order chi connectivity index (χ0) is 14.3. The largest absolute Gasteiger partial charge is 0.396 e. The average Bonchev–Trinajstić information content (AvgIpc) is 3.03. The van der Waals surface area contributed by atoms with Crippen LogP contribution in [-0.4, -0.2) is 37.5 Å². The van der Waals surface area contributed by atoms with E-state index >= 15 is 0 Å². The number of anilines is 1. The molecule has 3 N–H and O–H groups in total. The van der Waals surface area contributed by atoms with Gasteiger partial charge >= 0.3 is 0 Å². The van der Waals surface area contributed by atoms with Gasteiger partial charge in [-0.1, -0.05) is 18.7 Å². The number of fused-ring (bicyclic) bond motifs is 1. The van der Waals surface area contributed by atoms with Gasteiger partial charge in [-0.15, -0.1) is 0 Å². The zero-order valence-electron chi connectivity index (χ0n) is 11.7. The summed E-state index contributed by atoms with van der Waals surface area (Å²) in [6.45, 7) is 2.35. The third kappa shape index (κ3) is 2.14. The molecule has 3 rings (SSSR count). The number of aromatic nitrogens is 4. The fourth-order valence-electron chi connectivity index (χ4n) is 2.95. The topological polar surface area (TPSA) is 89.8 Å². The van der Waals surface area contributed by atoms with Crippen LogP contribution in [0.25, 0.3) is 11.2 Å². The number of imidazole rings is 1. The molecule has 1 fully saturated rings. The van der Waals surface area contributed by atoms with Gasteiger partial charge in [0.25, 0.3) is 0 Å². The van der Waals surface area contributed by atoms with Crippen LogP contribution >= 0.6 is 11.8 Å². The van der Waals surface area contributed by atoms with Crippen LogP contribution in [0.4, 0.5) is 5.82 Å². The summed E-state index contributed by atoms with van der Waals surface area (Å²) in [5.74, 6) is 0.431. The molecule has 7 heteroatoms. The molecule has 0 saturated heterocycles. The Kier molecular flexibility index (Phi) is 3.33. The van der Waals surface area contributed by atoms with Crippen molar-refractivity contribution in [2.45, 2.75) is 37.4 Å². The molecular weight excluding hydrogens is 274 g/mol. The molecule has 108 valence electrons. The van der Waals surface area contributed by atoms with E-state index in [9.17, 15) is 5.11 Å². The minimum absolute atomic E-state index is 0.00215. The number of nitrogens with zero attached hydrogens (tertiary/aromatic N) is 4. The maximum atomic E-state index is 9.51. The highest BCUT2D eigenvalue weighted by Gasteiger charge is 2.36. The number of aliphatic hydroxyl groups excluding tert-OH is 1. The molecule has 0 aromatic carbocycles. The fraction of sp³-hybridized carbons (Fsp3) is 0.615. The van der Waals surface area contributed by atoms with Crippen LogP contribution in [0.5, 0.6) is 0 Å². The van der Waals surface area contributed by atoms with Crippen LogP contribution in [0, 0.1) is 5.41 Å². The maximum absolute atomic E-state index is 9.51. The smallest absolute Gasteiger partial charge is 0.191 e. The molecule has 1 aliphatic carbocycles. The highest BCUT2D eigenvalue weighted by molar-refractivity contribution is 7.98. The molecule has 0 aliphatic heterocycles. The van der Waals surface area contributed by atoms with E-state index in [0.29, 0.717) is 22.5 Å². The van der Waals surface area contributed by atoms with Crippen molar-refractivity contribution in [3.63, 3.8) is 0 Å². The van der Waals surface area contributed by atoms with Gasteiger partial charge in [0.1, 0.15) is 5.52 Å². The van der Waals surface area contributed by atoms with E-state index in [1.165, 1.54) is 11.8 Å². The Morgan fingerprint density at radius 1 is 1.55 bits per heavy atom. The molecule has 0 spiro atoms. The molecule has 2 aromatic rings. The Balaban J connectivity index is 2.03. The minimum atomic E-state index is 0.00215. The summed E-state index contributed by atoms with van der Waals surface area (Å²) >= 11 is 1.47. The van der Waals surface area contributed by atoms with Gasteiger partial charge in [0.05, 0.1) is 6.33 Å². The number of hydrogen-bond acceptors (Lipinski definition) is 6. The molecular formula is C13H19N5OS. The summed E-state index contributed by atoms with van der Waals surface area (Å²) in [6, 6.07) is 0.321. The minimum Gasteiger partial charge on any atom is -0.396 e. The lowest BCUT2D eigenvalue weighted by Crippen LogP contribution is -2.17. The Bertz CT molecular complexity index is 643. The number of hydrogen-bond donors (Lipinski definition) is 2. The van der Waals surface area contributed by atoms with Crippen LogP contribution in [0.15, 0.2) is 11.5 Å². The lowest BCUT2D eigenvalue weighted by molar-refractivity contribution is 0.144. The molecule has 1 saturated carbocycles. The van der Waals surface area contributed by atoms with Crippen molar-refractivity contribution in [3.05, 3.63) is 6.33 Å². The molecule has 6 nitrogen and oxygen atoms in total. The zero-order valence-corrected chi connectivity index (χ0v) is 12.5. The highest BCUT2D eigenvalue weighted by Crippen LogP contribution is 2.44. The second kappa shape index (κ2) is 4.89. The first-order valence-corrected chi connectivity index (χ1v) is 7.94. The Labute approximate surface area is 121 Å². The van der Waals surface area contributed by atoms with E-state index < -0.39 is 0 Å². The number of nitrogen functional groups attached to an aromatic ring is 1. The van der Waals surface area contributed by atoms with E-state index in [4.69, 9.17) is 5.73 Å². The van der Waals surface area contributed by atoms with Gasteiger partial charge in [0.2, 0.25) is 0 Å². The van der Waals surface area contributed by atoms with Crippen molar-refractivity contribution in [3.8, 4) is 0 Å². The van der Waals surface area contributed by atoms with Crippen LogP contribution in [0.1, 0.15) is 32.2 Å². The van der Waals surface area contributed by atoms with Crippen LogP contribution < -0.4 is 5.73 Å². The van der Waals surface area contributed by atoms with Gasteiger partial charge in [-0.05, 0) is 30.9 Å². The first-order chi connectivity index (χ1) is 9.56. The lowest BCUT2D eigenvalue weighted by Gasteiger charge is -2.21. The van der Waals surface area contributed by atoms with Gasteiger partial charge in [0, 0.05) is 12.6 Å². The predicted octanol–water partition coefficient (Wildman–Crippen LogP) is 1.85. The predicted molar refractivity (Wildman–Crippen MR) is 79.6 cm³/mol.